The third-order valence-electron chi connectivity index (χ3n) is 3.31. The van der Waals surface area contributed by atoms with Crippen molar-refractivity contribution in [2.24, 2.45) is 9.98 Å². The maximum absolute atomic E-state index is 11.9. The van der Waals surface area contributed by atoms with Crippen molar-refractivity contribution in [2.45, 2.75) is 9.79 Å². The first-order valence-electron chi connectivity index (χ1n) is 7.14. The number of isothiocyanates is 2. The normalized spacial score (nSPS) is 11.2. The molecule has 0 aliphatic rings. The Morgan fingerprint density at radius 1 is 0.862 bits per heavy atom. The largest absolute Gasteiger partial charge is 0.298 e. The fourth-order valence-electron chi connectivity index (χ4n) is 2.30. The first-order chi connectivity index (χ1) is 13.1. The Labute approximate surface area is 199 Å². The average Bonchev–Trinajstić information content (AvgIpc) is 2.60. The molecule has 29 heavy (non-hydrogen) atoms. The zero-order valence-electron chi connectivity index (χ0n) is 14.7. The van der Waals surface area contributed by atoms with Gasteiger partial charge in [-0.15, -0.1) is 0 Å². The summed E-state index contributed by atoms with van der Waals surface area (Å²) >= 11 is 8.94. The van der Waals surface area contributed by atoms with Crippen LogP contribution in [0.1, 0.15) is 11.1 Å². The predicted molar refractivity (Wildman–Crippen MR) is 117 cm³/mol. The van der Waals surface area contributed by atoms with E-state index in [1.165, 1.54) is 12.2 Å². The van der Waals surface area contributed by atoms with Gasteiger partial charge in [0.05, 0.1) is 10.3 Å². The zero-order chi connectivity index (χ0) is 20.9. The fourth-order valence-corrected chi connectivity index (χ4v) is 4.63. The molecule has 2 aromatic carbocycles. The van der Waals surface area contributed by atoms with Crippen LogP contribution < -0.4 is 0 Å². The number of nitrogens with zero attached hydrogens (tertiary/aromatic N) is 2. The summed E-state index contributed by atoms with van der Waals surface area (Å²) in [6.45, 7) is 0. The number of benzene rings is 2. The summed E-state index contributed by atoms with van der Waals surface area (Å²) in [5.41, 5.74) is -0.538. The summed E-state index contributed by atoms with van der Waals surface area (Å²) in [5, 5.41) is 3.86. The van der Waals surface area contributed by atoms with Crippen LogP contribution in [-0.4, -0.2) is 65.8 Å². The molecule has 13 heteroatoms. The molecule has 0 fully saturated rings. The Kier molecular flexibility index (Phi) is 9.35. The second-order valence-electron chi connectivity index (χ2n) is 5.09. The molecule has 0 aliphatic heterocycles. The van der Waals surface area contributed by atoms with Gasteiger partial charge in [-0.05, 0) is 41.6 Å². The molecule has 0 heterocycles. The van der Waals surface area contributed by atoms with Crippen molar-refractivity contribution in [1.82, 2.24) is 0 Å². The van der Waals surface area contributed by atoms with Gasteiger partial charge in [0.15, 0.2) is 0 Å². The van der Waals surface area contributed by atoms with Crippen molar-refractivity contribution in [3.8, 4) is 0 Å². The molecule has 1 radical (unpaired) electrons. The van der Waals surface area contributed by atoms with Crippen LogP contribution in [0.4, 0.5) is 11.4 Å². The van der Waals surface area contributed by atoms with Crippen molar-refractivity contribution >= 4 is 108 Å². The van der Waals surface area contributed by atoms with Gasteiger partial charge in [-0.3, -0.25) is 9.11 Å². The second-order valence-corrected chi connectivity index (χ2v) is 8.17. The number of aliphatic imine (C=N–C) groups is 2. The van der Waals surface area contributed by atoms with E-state index in [1.54, 1.807) is 30.3 Å². The molecule has 0 bridgehead atoms. The predicted octanol–water partition coefficient (Wildman–Crippen LogP) is 3.44. The van der Waals surface area contributed by atoms with Crippen LogP contribution in [0.3, 0.4) is 0 Å². The minimum absolute atomic E-state index is 0. The Hall–Kier alpha value is -1.40. The van der Waals surface area contributed by atoms with E-state index in [-0.39, 0.29) is 40.8 Å². The molecule has 0 spiro atoms. The van der Waals surface area contributed by atoms with Gasteiger partial charge in [0.2, 0.25) is 0 Å². The quantitative estimate of drug-likeness (QED) is 0.212. The van der Waals surface area contributed by atoms with E-state index in [0.29, 0.717) is 5.56 Å². The van der Waals surface area contributed by atoms with Crippen LogP contribution in [-0.2, 0) is 20.2 Å². The van der Waals surface area contributed by atoms with Crippen molar-refractivity contribution in [1.29, 1.82) is 0 Å². The van der Waals surface area contributed by atoms with Crippen molar-refractivity contribution in [2.75, 3.05) is 0 Å². The fraction of sp³-hybridized carbons (Fsp3) is 0. The van der Waals surface area contributed by atoms with Gasteiger partial charge in [-0.1, -0.05) is 42.5 Å². The average molecular weight is 478 g/mol. The monoisotopic (exact) mass is 477 g/mol. The number of hydrogen-bond acceptors (Lipinski definition) is 8. The summed E-state index contributed by atoms with van der Waals surface area (Å²) in [6.07, 6.45) is 2.69. The van der Waals surface area contributed by atoms with Crippen LogP contribution in [0.25, 0.3) is 12.2 Å². The molecule has 0 aromatic heterocycles. The maximum atomic E-state index is 11.9. The third-order valence-corrected chi connectivity index (χ3v) is 5.49. The Morgan fingerprint density at radius 3 is 1.90 bits per heavy atom. The zero-order valence-corrected chi connectivity index (χ0v) is 19.9. The molecule has 0 atom stereocenters. The second kappa shape index (κ2) is 10.6. The topological polar surface area (TPSA) is 133 Å². The number of hydrogen-bond donors (Lipinski definition) is 2. The van der Waals surface area contributed by atoms with Crippen LogP contribution >= 0.6 is 24.4 Å². The minimum Gasteiger partial charge on any atom is -0.282 e. The standard InChI is InChI=1S/C16H10N2O6S4.Na/c19-27(20,21)15-12(7-6-11-4-2-1-3-5-11)8-13(17-9-25)14(18-10-26)16(15)28(22,23)24;/h1-8H,(H,19,20,21)(H,22,23,24);. The molecule has 2 aromatic rings. The molecule has 8 nitrogen and oxygen atoms in total. The van der Waals surface area contributed by atoms with Crippen LogP contribution in [0, 0.1) is 0 Å². The first-order valence-corrected chi connectivity index (χ1v) is 10.8. The van der Waals surface area contributed by atoms with E-state index in [9.17, 15) is 25.9 Å². The molecule has 2 rings (SSSR count). The number of rotatable bonds is 6. The molecule has 2 N–H and O–H groups in total. The third kappa shape index (κ3) is 6.54. The summed E-state index contributed by atoms with van der Waals surface area (Å²) in [6, 6.07) is 9.73. The van der Waals surface area contributed by atoms with Crippen molar-refractivity contribution in [3.05, 3.63) is 47.5 Å². The van der Waals surface area contributed by atoms with Gasteiger partial charge in [0.1, 0.15) is 21.2 Å². The van der Waals surface area contributed by atoms with E-state index < -0.39 is 35.7 Å². The summed E-state index contributed by atoms with van der Waals surface area (Å²) in [7, 11) is -10.3. The molecule has 0 saturated carbocycles. The molecular formula is C16H10N2NaO6S4. The molecular weight excluding hydrogens is 467 g/mol. The van der Waals surface area contributed by atoms with Gasteiger partial charge in [0.25, 0.3) is 20.2 Å². The van der Waals surface area contributed by atoms with Crippen molar-refractivity contribution in [3.63, 3.8) is 0 Å². The summed E-state index contributed by atoms with van der Waals surface area (Å²) < 4.78 is 67.0. The molecule has 0 amide bonds. The van der Waals surface area contributed by atoms with E-state index in [1.807, 2.05) is 10.3 Å². The van der Waals surface area contributed by atoms with Crippen molar-refractivity contribution < 1.29 is 25.9 Å². The molecule has 0 unspecified atom stereocenters. The maximum Gasteiger partial charge on any atom is 0.298 e. The molecule has 145 valence electrons. The summed E-state index contributed by atoms with van der Waals surface area (Å²) in [5.74, 6) is 0. The minimum atomic E-state index is -5.19. The van der Waals surface area contributed by atoms with E-state index in [0.717, 1.165) is 6.07 Å². The SMILES string of the molecule is O=S(=O)(O)c1c(C=Cc2ccccc2)cc(N=C=S)c(N=C=S)c1S(=O)(=O)O.[Na]. The van der Waals surface area contributed by atoms with E-state index in [2.05, 4.69) is 34.4 Å². The Morgan fingerprint density at radius 2 is 1.41 bits per heavy atom. The van der Waals surface area contributed by atoms with Gasteiger partial charge in [0, 0.05) is 29.6 Å². The van der Waals surface area contributed by atoms with Gasteiger partial charge >= 0.3 is 0 Å². The smallest absolute Gasteiger partial charge is 0.282 e. The van der Waals surface area contributed by atoms with Gasteiger partial charge in [-0.25, -0.2) is 0 Å². The Bertz CT molecular complexity index is 1260. The van der Waals surface area contributed by atoms with Gasteiger partial charge < -0.3 is 0 Å². The number of thiocarbonyl (C=S) groups is 2. The van der Waals surface area contributed by atoms with Gasteiger partial charge in [-0.2, -0.15) is 26.8 Å². The first kappa shape index (κ1) is 25.6. The van der Waals surface area contributed by atoms with Crippen LogP contribution in [0.5, 0.6) is 0 Å². The summed E-state index contributed by atoms with van der Waals surface area (Å²) in [4.78, 5) is 4.82. The van der Waals surface area contributed by atoms with E-state index >= 15 is 0 Å². The van der Waals surface area contributed by atoms with Crippen LogP contribution in [0.2, 0.25) is 0 Å². The van der Waals surface area contributed by atoms with Crippen LogP contribution in [0.15, 0.2) is 56.2 Å². The van der Waals surface area contributed by atoms with E-state index in [4.69, 9.17) is 0 Å². The molecule has 0 aliphatic carbocycles. The molecule has 0 saturated heterocycles. The Balaban J connectivity index is 0.00000420.